The van der Waals surface area contributed by atoms with E-state index in [1.165, 1.54) is 0 Å². The summed E-state index contributed by atoms with van der Waals surface area (Å²) in [4.78, 5) is 21.6. The van der Waals surface area contributed by atoms with Gasteiger partial charge in [0.1, 0.15) is 0 Å². The van der Waals surface area contributed by atoms with Gasteiger partial charge in [-0.05, 0) is 12.8 Å². The van der Waals surface area contributed by atoms with Gasteiger partial charge in [-0.3, -0.25) is 4.79 Å². The highest BCUT2D eigenvalue weighted by atomic mass is 16.2. The molecule has 2 aliphatic heterocycles. The van der Waals surface area contributed by atoms with E-state index in [2.05, 4.69) is 26.1 Å². The Morgan fingerprint density at radius 1 is 1.50 bits per heavy atom. The Labute approximate surface area is 130 Å². The molecule has 1 amide bonds. The smallest absolute Gasteiger partial charge is 0.222 e. The van der Waals surface area contributed by atoms with Crippen molar-refractivity contribution in [3.63, 3.8) is 0 Å². The third-order valence-electron chi connectivity index (χ3n) is 4.53. The summed E-state index contributed by atoms with van der Waals surface area (Å²) in [5.41, 5.74) is 0.760. The van der Waals surface area contributed by atoms with E-state index in [0.29, 0.717) is 25.2 Å². The Bertz CT molecular complexity index is 580. The van der Waals surface area contributed by atoms with Crippen molar-refractivity contribution in [2.24, 2.45) is 10.2 Å². The van der Waals surface area contributed by atoms with Crippen molar-refractivity contribution in [1.82, 2.24) is 14.9 Å². The van der Waals surface area contributed by atoms with Gasteiger partial charge in [0.25, 0.3) is 0 Å². The third-order valence-corrected chi connectivity index (χ3v) is 4.53. The number of H-pyrrole nitrogens is 1. The number of nitrogens with zero attached hydrogens (tertiary/aromatic N) is 4. The van der Waals surface area contributed by atoms with E-state index >= 15 is 0 Å². The number of piperidine rings is 1. The highest BCUT2D eigenvalue weighted by Gasteiger charge is 2.39. The number of terminal acetylenes is 1. The second-order valence-electron chi connectivity index (χ2n) is 6.07. The summed E-state index contributed by atoms with van der Waals surface area (Å²) in [6.45, 7) is 1.61. The molecule has 1 N–H and O–H groups in total. The van der Waals surface area contributed by atoms with Gasteiger partial charge in [-0.15, -0.1) is 12.3 Å². The van der Waals surface area contributed by atoms with E-state index in [1.807, 2.05) is 11.1 Å². The highest BCUT2D eigenvalue weighted by Crippen LogP contribution is 2.38. The number of aromatic nitrogens is 2. The molecule has 3 rings (SSSR count). The SMILES string of the molecule is C#CCCC1(CCC(=O)N2CCCC(c3cnc[nH]3)C2)N=N1. The summed E-state index contributed by atoms with van der Waals surface area (Å²) in [5.74, 6) is 3.17. The normalized spacial score (nSPS) is 22.3. The number of carbonyl (C=O) groups excluding carboxylic acids is 1. The van der Waals surface area contributed by atoms with Gasteiger partial charge in [-0.1, -0.05) is 0 Å². The van der Waals surface area contributed by atoms with Gasteiger partial charge in [-0.25, -0.2) is 4.98 Å². The van der Waals surface area contributed by atoms with Crippen molar-refractivity contribution in [1.29, 1.82) is 0 Å². The molecule has 1 atom stereocenters. The maximum absolute atomic E-state index is 12.4. The molecule has 22 heavy (non-hydrogen) atoms. The number of rotatable bonds is 6. The zero-order valence-corrected chi connectivity index (χ0v) is 12.7. The van der Waals surface area contributed by atoms with Crippen LogP contribution in [0.2, 0.25) is 0 Å². The minimum Gasteiger partial charge on any atom is -0.348 e. The van der Waals surface area contributed by atoms with Gasteiger partial charge < -0.3 is 9.88 Å². The van der Waals surface area contributed by atoms with Crippen LogP contribution in [0.5, 0.6) is 0 Å². The number of likely N-dealkylation sites (tertiary alicyclic amines) is 1. The van der Waals surface area contributed by atoms with Crippen molar-refractivity contribution in [3.05, 3.63) is 18.2 Å². The first-order chi connectivity index (χ1) is 10.7. The molecule has 0 aromatic carbocycles. The lowest BCUT2D eigenvalue weighted by Crippen LogP contribution is -2.39. The summed E-state index contributed by atoms with van der Waals surface area (Å²) in [6, 6.07) is 0. The van der Waals surface area contributed by atoms with Gasteiger partial charge in [0.05, 0.1) is 6.33 Å². The lowest BCUT2D eigenvalue weighted by Gasteiger charge is -2.32. The first-order valence-corrected chi connectivity index (χ1v) is 7.86. The maximum atomic E-state index is 12.4. The first-order valence-electron chi connectivity index (χ1n) is 7.86. The minimum absolute atomic E-state index is 0.196. The van der Waals surface area contributed by atoms with Crippen molar-refractivity contribution < 1.29 is 4.79 Å². The summed E-state index contributed by atoms with van der Waals surface area (Å²) in [6.07, 6.45) is 13.6. The van der Waals surface area contributed by atoms with E-state index in [-0.39, 0.29) is 11.6 Å². The molecule has 1 aromatic rings. The molecule has 1 unspecified atom stereocenters. The molecule has 0 aliphatic carbocycles. The Hall–Kier alpha value is -2.16. The Balaban J connectivity index is 1.49. The fraction of sp³-hybridized carbons (Fsp3) is 0.625. The second kappa shape index (κ2) is 6.30. The number of imidazole rings is 1. The van der Waals surface area contributed by atoms with Crippen molar-refractivity contribution in [3.8, 4) is 12.3 Å². The number of hydrogen-bond donors (Lipinski definition) is 1. The summed E-state index contributed by atoms with van der Waals surface area (Å²) < 4.78 is 0. The molecule has 0 spiro atoms. The number of hydrogen-bond acceptors (Lipinski definition) is 4. The molecule has 3 heterocycles. The van der Waals surface area contributed by atoms with Crippen LogP contribution in [0.15, 0.2) is 22.8 Å². The molecule has 0 bridgehead atoms. The lowest BCUT2D eigenvalue weighted by molar-refractivity contribution is -0.132. The molecule has 0 radical (unpaired) electrons. The van der Waals surface area contributed by atoms with E-state index in [9.17, 15) is 4.79 Å². The Kier molecular flexibility index (Phi) is 4.23. The van der Waals surface area contributed by atoms with Crippen LogP contribution in [0.3, 0.4) is 0 Å². The third kappa shape index (κ3) is 3.35. The molecule has 1 fully saturated rings. The van der Waals surface area contributed by atoms with Crippen LogP contribution in [0.25, 0.3) is 0 Å². The average Bonchev–Trinajstić information content (AvgIpc) is 3.10. The first kappa shape index (κ1) is 14.8. The van der Waals surface area contributed by atoms with Gasteiger partial charge in [0.2, 0.25) is 5.91 Å². The number of nitrogens with one attached hydrogen (secondary N) is 1. The Morgan fingerprint density at radius 2 is 2.36 bits per heavy atom. The molecular weight excluding hydrogens is 278 g/mol. The van der Waals surface area contributed by atoms with Crippen LogP contribution in [0, 0.1) is 12.3 Å². The second-order valence-corrected chi connectivity index (χ2v) is 6.07. The van der Waals surface area contributed by atoms with Crippen LogP contribution in [-0.4, -0.2) is 39.5 Å². The maximum Gasteiger partial charge on any atom is 0.222 e. The molecular formula is C16H21N5O. The van der Waals surface area contributed by atoms with E-state index in [0.717, 1.165) is 38.0 Å². The monoisotopic (exact) mass is 299 g/mol. The summed E-state index contributed by atoms with van der Waals surface area (Å²) >= 11 is 0. The molecule has 6 nitrogen and oxygen atoms in total. The average molecular weight is 299 g/mol. The van der Waals surface area contributed by atoms with Crippen LogP contribution in [0.1, 0.15) is 50.1 Å². The molecule has 1 saturated heterocycles. The minimum atomic E-state index is -0.361. The molecule has 116 valence electrons. The van der Waals surface area contributed by atoms with Gasteiger partial charge >= 0.3 is 0 Å². The summed E-state index contributed by atoms with van der Waals surface area (Å²) in [7, 11) is 0. The fourth-order valence-electron chi connectivity index (χ4n) is 3.08. The lowest BCUT2D eigenvalue weighted by atomic mass is 9.94. The number of carbonyl (C=O) groups is 1. The fourth-order valence-corrected chi connectivity index (χ4v) is 3.08. The van der Waals surface area contributed by atoms with Crippen LogP contribution in [-0.2, 0) is 4.79 Å². The quantitative estimate of drug-likeness (QED) is 0.819. The van der Waals surface area contributed by atoms with Crippen LogP contribution in [0.4, 0.5) is 0 Å². The molecule has 1 aromatic heterocycles. The summed E-state index contributed by atoms with van der Waals surface area (Å²) in [5, 5.41) is 8.18. The van der Waals surface area contributed by atoms with E-state index < -0.39 is 0 Å². The van der Waals surface area contributed by atoms with Gasteiger partial charge in [0.15, 0.2) is 5.66 Å². The van der Waals surface area contributed by atoms with Crippen molar-refractivity contribution in [2.75, 3.05) is 13.1 Å². The van der Waals surface area contributed by atoms with Crippen LogP contribution < -0.4 is 0 Å². The molecule has 0 saturated carbocycles. The topological polar surface area (TPSA) is 73.7 Å². The van der Waals surface area contributed by atoms with Crippen molar-refractivity contribution >= 4 is 5.91 Å². The zero-order chi connectivity index (χ0) is 15.4. The van der Waals surface area contributed by atoms with Crippen LogP contribution >= 0.6 is 0 Å². The zero-order valence-electron chi connectivity index (χ0n) is 12.7. The molecule has 2 aliphatic rings. The molecule has 6 heteroatoms. The predicted molar refractivity (Wildman–Crippen MR) is 82.0 cm³/mol. The number of aromatic amines is 1. The van der Waals surface area contributed by atoms with Gasteiger partial charge in [0, 0.05) is 56.6 Å². The predicted octanol–water partition coefficient (Wildman–Crippen LogP) is 2.47. The van der Waals surface area contributed by atoms with E-state index in [4.69, 9.17) is 6.42 Å². The van der Waals surface area contributed by atoms with Gasteiger partial charge in [-0.2, -0.15) is 10.2 Å². The van der Waals surface area contributed by atoms with E-state index in [1.54, 1.807) is 6.33 Å². The standard InChI is InChI=1S/C16H21N5O/c1-2-3-7-16(19-20-16)8-6-15(22)21-9-4-5-13(11-21)14-10-17-12-18-14/h1,10,12-13H,3-9,11H2,(H,17,18). The largest absolute Gasteiger partial charge is 0.348 e. The highest BCUT2D eigenvalue weighted by molar-refractivity contribution is 5.76. The van der Waals surface area contributed by atoms with Crippen molar-refractivity contribution in [2.45, 2.75) is 50.1 Å². The Morgan fingerprint density at radius 3 is 3.05 bits per heavy atom. The number of amides is 1.